The summed E-state index contributed by atoms with van der Waals surface area (Å²) in [6.45, 7) is 1.91. The van der Waals surface area contributed by atoms with E-state index in [-0.39, 0.29) is 17.6 Å². The maximum Gasteiger partial charge on any atom is 0.272 e. The number of pyridine rings is 1. The van der Waals surface area contributed by atoms with E-state index in [0.717, 1.165) is 5.56 Å². The molecule has 2 N–H and O–H groups in total. The van der Waals surface area contributed by atoms with Crippen molar-refractivity contribution in [2.24, 2.45) is 0 Å². The second-order valence-corrected chi connectivity index (χ2v) is 4.02. The standard InChI is InChI=1S/C13H15N5O/c1-9(10-3-5-15-6-4-10)17-13(19)11-7-16-8-12(14-2)18-11/h3-9H,1-2H3,(H,14,18)(H,17,19). The molecule has 1 amide bonds. The zero-order chi connectivity index (χ0) is 13.7. The molecular formula is C13H15N5O. The lowest BCUT2D eigenvalue weighted by Gasteiger charge is -2.13. The third-order valence-corrected chi connectivity index (χ3v) is 2.68. The molecule has 0 saturated heterocycles. The van der Waals surface area contributed by atoms with Gasteiger partial charge in [0.15, 0.2) is 0 Å². The fraction of sp³-hybridized carbons (Fsp3) is 0.231. The molecule has 1 unspecified atom stereocenters. The first kappa shape index (κ1) is 12.9. The van der Waals surface area contributed by atoms with E-state index in [1.165, 1.54) is 6.20 Å². The van der Waals surface area contributed by atoms with Crippen LogP contribution in [0.2, 0.25) is 0 Å². The van der Waals surface area contributed by atoms with E-state index < -0.39 is 0 Å². The fourth-order valence-corrected chi connectivity index (χ4v) is 1.60. The Kier molecular flexibility index (Phi) is 4.02. The summed E-state index contributed by atoms with van der Waals surface area (Å²) in [5, 5.41) is 5.71. The number of nitrogens with zero attached hydrogens (tertiary/aromatic N) is 3. The van der Waals surface area contributed by atoms with Gasteiger partial charge in [0, 0.05) is 19.4 Å². The third kappa shape index (κ3) is 3.25. The average molecular weight is 257 g/mol. The molecule has 6 nitrogen and oxygen atoms in total. The van der Waals surface area contributed by atoms with Crippen LogP contribution in [0.4, 0.5) is 5.82 Å². The van der Waals surface area contributed by atoms with Crippen molar-refractivity contribution in [2.45, 2.75) is 13.0 Å². The van der Waals surface area contributed by atoms with Crippen LogP contribution in [0.3, 0.4) is 0 Å². The molecule has 2 aromatic heterocycles. The molecule has 19 heavy (non-hydrogen) atoms. The van der Waals surface area contributed by atoms with Crippen molar-refractivity contribution in [1.29, 1.82) is 0 Å². The number of carbonyl (C=O) groups excluding carboxylic acids is 1. The van der Waals surface area contributed by atoms with Gasteiger partial charge < -0.3 is 10.6 Å². The maximum atomic E-state index is 12.0. The summed E-state index contributed by atoms with van der Waals surface area (Å²) in [4.78, 5) is 24.1. The number of anilines is 1. The zero-order valence-corrected chi connectivity index (χ0v) is 10.8. The fourth-order valence-electron chi connectivity index (χ4n) is 1.60. The highest BCUT2D eigenvalue weighted by molar-refractivity contribution is 5.92. The highest BCUT2D eigenvalue weighted by Crippen LogP contribution is 2.11. The van der Waals surface area contributed by atoms with Gasteiger partial charge in [-0.15, -0.1) is 0 Å². The summed E-state index contributed by atoms with van der Waals surface area (Å²) >= 11 is 0. The predicted molar refractivity (Wildman–Crippen MR) is 71.7 cm³/mol. The van der Waals surface area contributed by atoms with E-state index in [4.69, 9.17) is 0 Å². The first-order valence-corrected chi connectivity index (χ1v) is 5.91. The van der Waals surface area contributed by atoms with Gasteiger partial charge in [-0.2, -0.15) is 0 Å². The smallest absolute Gasteiger partial charge is 0.272 e. The number of rotatable bonds is 4. The Labute approximate surface area is 111 Å². The Morgan fingerprint density at radius 1 is 1.21 bits per heavy atom. The molecule has 0 aromatic carbocycles. The zero-order valence-electron chi connectivity index (χ0n) is 10.8. The van der Waals surface area contributed by atoms with Crippen LogP contribution in [0.25, 0.3) is 0 Å². The number of amides is 1. The van der Waals surface area contributed by atoms with Crippen LogP contribution in [0.15, 0.2) is 36.9 Å². The Hall–Kier alpha value is -2.50. The molecule has 6 heteroatoms. The van der Waals surface area contributed by atoms with Gasteiger partial charge >= 0.3 is 0 Å². The van der Waals surface area contributed by atoms with Crippen molar-refractivity contribution in [3.05, 3.63) is 48.2 Å². The Morgan fingerprint density at radius 3 is 2.63 bits per heavy atom. The van der Waals surface area contributed by atoms with E-state index in [0.29, 0.717) is 5.82 Å². The van der Waals surface area contributed by atoms with Crippen molar-refractivity contribution < 1.29 is 4.79 Å². The van der Waals surface area contributed by atoms with Gasteiger partial charge in [-0.05, 0) is 24.6 Å². The summed E-state index contributed by atoms with van der Waals surface area (Å²) in [5.74, 6) is 0.304. The molecule has 0 fully saturated rings. The van der Waals surface area contributed by atoms with Gasteiger partial charge in [-0.3, -0.25) is 14.8 Å². The highest BCUT2D eigenvalue weighted by Gasteiger charge is 2.13. The normalized spacial score (nSPS) is 11.7. The summed E-state index contributed by atoms with van der Waals surface area (Å²) in [7, 11) is 1.73. The monoisotopic (exact) mass is 257 g/mol. The van der Waals surface area contributed by atoms with E-state index in [1.807, 2.05) is 19.1 Å². The first-order chi connectivity index (χ1) is 9.20. The lowest BCUT2D eigenvalue weighted by atomic mass is 10.1. The minimum atomic E-state index is -0.256. The number of hydrogen-bond acceptors (Lipinski definition) is 5. The van der Waals surface area contributed by atoms with E-state index in [1.54, 1.807) is 25.6 Å². The van der Waals surface area contributed by atoms with E-state index in [2.05, 4.69) is 25.6 Å². The van der Waals surface area contributed by atoms with Gasteiger partial charge in [-0.25, -0.2) is 4.98 Å². The lowest BCUT2D eigenvalue weighted by Crippen LogP contribution is -2.27. The number of aromatic nitrogens is 3. The molecular weight excluding hydrogens is 242 g/mol. The first-order valence-electron chi connectivity index (χ1n) is 5.91. The van der Waals surface area contributed by atoms with Crippen LogP contribution >= 0.6 is 0 Å². The molecule has 2 rings (SSSR count). The highest BCUT2D eigenvalue weighted by atomic mass is 16.1. The minimum Gasteiger partial charge on any atom is -0.372 e. The second kappa shape index (κ2) is 5.90. The molecule has 0 spiro atoms. The van der Waals surface area contributed by atoms with Gasteiger partial charge in [0.2, 0.25) is 0 Å². The summed E-state index contributed by atoms with van der Waals surface area (Å²) in [6, 6.07) is 3.61. The number of hydrogen-bond donors (Lipinski definition) is 2. The van der Waals surface area contributed by atoms with Crippen LogP contribution in [0.1, 0.15) is 29.0 Å². The van der Waals surface area contributed by atoms with Gasteiger partial charge in [0.05, 0.1) is 18.4 Å². The second-order valence-electron chi connectivity index (χ2n) is 4.02. The summed E-state index contributed by atoms with van der Waals surface area (Å²) in [6.07, 6.45) is 6.39. The average Bonchev–Trinajstić information content (AvgIpc) is 2.48. The van der Waals surface area contributed by atoms with Crippen LogP contribution in [-0.4, -0.2) is 27.9 Å². The SMILES string of the molecule is CNc1cncc(C(=O)NC(C)c2ccncc2)n1. The Bertz CT molecular complexity index is 558. The van der Waals surface area contributed by atoms with Crippen molar-refractivity contribution >= 4 is 11.7 Å². The third-order valence-electron chi connectivity index (χ3n) is 2.68. The van der Waals surface area contributed by atoms with Crippen LogP contribution in [0, 0.1) is 0 Å². The molecule has 0 aliphatic heterocycles. The van der Waals surface area contributed by atoms with Gasteiger partial charge in [0.1, 0.15) is 11.5 Å². The molecule has 0 aliphatic rings. The van der Waals surface area contributed by atoms with Crippen molar-refractivity contribution in [1.82, 2.24) is 20.3 Å². The molecule has 0 radical (unpaired) electrons. The minimum absolute atomic E-state index is 0.115. The largest absolute Gasteiger partial charge is 0.372 e. The molecule has 0 bridgehead atoms. The quantitative estimate of drug-likeness (QED) is 0.865. The molecule has 2 aromatic rings. The molecule has 1 atom stereocenters. The summed E-state index contributed by atoms with van der Waals surface area (Å²) in [5.41, 5.74) is 1.27. The van der Waals surface area contributed by atoms with Crippen molar-refractivity contribution in [2.75, 3.05) is 12.4 Å². The van der Waals surface area contributed by atoms with Gasteiger partial charge in [-0.1, -0.05) is 0 Å². The topological polar surface area (TPSA) is 79.8 Å². The van der Waals surface area contributed by atoms with E-state index in [9.17, 15) is 4.79 Å². The molecule has 2 heterocycles. The molecule has 0 saturated carbocycles. The van der Waals surface area contributed by atoms with Crippen molar-refractivity contribution in [3.63, 3.8) is 0 Å². The number of carbonyl (C=O) groups is 1. The summed E-state index contributed by atoms with van der Waals surface area (Å²) < 4.78 is 0. The van der Waals surface area contributed by atoms with Crippen molar-refractivity contribution in [3.8, 4) is 0 Å². The number of nitrogens with one attached hydrogen (secondary N) is 2. The Morgan fingerprint density at radius 2 is 1.95 bits per heavy atom. The van der Waals surface area contributed by atoms with Crippen LogP contribution in [-0.2, 0) is 0 Å². The lowest BCUT2D eigenvalue weighted by molar-refractivity contribution is 0.0934. The predicted octanol–water partition coefficient (Wildman–Crippen LogP) is 1.40. The maximum absolute atomic E-state index is 12.0. The van der Waals surface area contributed by atoms with E-state index >= 15 is 0 Å². The van der Waals surface area contributed by atoms with Crippen LogP contribution < -0.4 is 10.6 Å². The van der Waals surface area contributed by atoms with Gasteiger partial charge in [0.25, 0.3) is 5.91 Å². The molecule has 0 aliphatic carbocycles. The molecule has 98 valence electrons. The van der Waals surface area contributed by atoms with Crippen LogP contribution in [0.5, 0.6) is 0 Å². The Balaban J connectivity index is 2.08.